The fourth-order valence-electron chi connectivity index (χ4n) is 1.73. The average Bonchev–Trinajstić information content (AvgIpc) is 2.05. The number of hydrogen-bond acceptors (Lipinski definition) is 2. The summed E-state index contributed by atoms with van der Waals surface area (Å²) in [5.74, 6) is 0. The maximum Gasteiger partial charge on any atom is 0.179 e. The molecule has 2 nitrogen and oxygen atoms in total. The van der Waals surface area contributed by atoms with E-state index < -0.39 is 0 Å². The van der Waals surface area contributed by atoms with Gasteiger partial charge < -0.3 is 4.90 Å². The van der Waals surface area contributed by atoms with Crippen molar-refractivity contribution in [3.63, 3.8) is 0 Å². The van der Waals surface area contributed by atoms with Crippen LogP contribution in [-0.2, 0) is 0 Å². The molecule has 2 heteroatoms. The highest BCUT2D eigenvalue weighted by Crippen LogP contribution is 2.32. The Bertz CT molecular complexity index is 167. The molecule has 1 aliphatic rings. The normalized spacial score (nSPS) is 30.2. The van der Waals surface area contributed by atoms with Gasteiger partial charge in [-0.3, -0.25) is 0 Å². The molecule has 1 unspecified atom stereocenters. The molecule has 0 spiro atoms. The van der Waals surface area contributed by atoms with E-state index in [1.54, 1.807) is 0 Å². The Balaban J connectivity index is 2.63. The zero-order chi connectivity index (χ0) is 7.78. The second-order valence-electron chi connectivity index (χ2n) is 3.95. The molecule has 56 valence electrons. The predicted molar refractivity (Wildman–Crippen MR) is 40.2 cm³/mol. The van der Waals surface area contributed by atoms with Gasteiger partial charge in [-0.15, -0.1) is 0 Å². The number of nitriles is 1. The zero-order valence-electron chi connectivity index (χ0n) is 6.89. The molecule has 0 aliphatic carbocycles. The minimum Gasteiger partial charge on any atom is -0.307 e. The Labute approximate surface area is 62.4 Å². The Morgan fingerprint density at radius 3 is 2.40 bits per heavy atom. The Kier molecular flexibility index (Phi) is 1.60. The molecule has 1 heterocycles. The summed E-state index contributed by atoms with van der Waals surface area (Å²) in [4.78, 5) is 1.86. The standard InChI is InChI=1S/C8H14N2/c1-7-4-8(2,3)5-10(7)6-9/h7H,4-5H2,1-3H3. The van der Waals surface area contributed by atoms with Crippen molar-refractivity contribution in [2.45, 2.75) is 33.2 Å². The van der Waals surface area contributed by atoms with Gasteiger partial charge in [0.25, 0.3) is 0 Å². The fraction of sp³-hybridized carbons (Fsp3) is 0.875. The topological polar surface area (TPSA) is 27.0 Å². The number of nitrogens with zero attached hydrogens (tertiary/aromatic N) is 2. The van der Waals surface area contributed by atoms with Crippen LogP contribution in [-0.4, -0.2) is 17.5 Å². The van der Waals surface area contributed by atoms with Crippen molar-refractivity contribution in [3.05, 3.63) is 0 Å². The second kappa shape index (κ2) is 2.16. The summed E-state index contributed by atoms with van der Waals surface area (Å²) in [7, 11) is 0. The smallest absolute Gasteiger partial charge is 0.179 e. The highest BCUT2D eigenvalue weighted by atomic mass is 15.2. The van der Waals surface area contributed by atoms with Crippen molar-refractivity contribution in [2.75, 3.05) is 6.54 Å². The third kappa shape index (κ3) is 1.23. The molecule has 0 amide bonds. The first kappa shape index (κ1) is 7.40. The fourth-order valence-corrected chi connectivity index (χ4v) is 1.73. The summed E-state index contributed by atoms with van der Waals surface area (Å²) in [5, 5.41) is 8.64. The second-order valence-corrected chi connectivity index (χ2v) is 3.95. The SMILES string of the molecule is CC1CC(C)(C)CN1C#N. The van der Waals surface area contributed by atoms with Gasteiger partial charge in [0.15, 0.2) is 6.19 Å². The summed E-state index contributed by atoms with van der Waals surface area (Å²) < 4.78 is 0. The van der Waals surface area contributed by atoms with Crippen molar-refractivity contribution in [1.82, 2.24) is 4.90 Å². The van der Waals surface area contributed by atoms with Crippen LogP contribution in [0.25, 0.3) is 0 Å². The molecule has 0 bridgehead atoms. The van der Waals surface area contributed by atoms with Crippen LogP contribution in [0.15, 0.2) is 0 Å². The third-order valence-corrected chi connectivity index (χ3v) is 2.11. The summed E-state index contributed by atoms with van der Waals surface area (Å²) in [6.45, 7) is 7.45. The summed E-state index contributed by atoms with van der Waals surface area (Å²) >= 11 is 0. The van der Waals surface area contributed by atoms with E-state index in [1.807, 2.05) is 4.90 Å². The molecule has 0 aromatic heterocycles. The van der Waals surface area contributed by atoms with E-state index in [1.165, 1.54) is 0 Å². The van der Waals surface area contributed by atoms with Crippen molar-refractivity contribution < 1.29 is 0 Å². The van der Waals surface area contributed by atoms with Crippen molar-refractivity contribution in [1.29, 1.82) is 5.26 Å². The first-order valence-corrected chi connectivity index (χ1v) is 3.71. The monoisotopic (exact) mass is 138 g/mol. The highest BCUT2D eigenvalue weighted by Gasteiger charge is 2.33. The lowest BCUT2D eigenvalue weighted by molar-refractivity contribution is 0.353. The van der Waals surface area contributed by atoms with E-state index in [0.717, 1.165) is 13.0 Å². The van der Waals surface area contributed by atoms with Crippen LogP contribution in [0.4, 0.5) is 0 Å². The minimum atomic E-state index is 0.342. The van der Waals surface area contributed by atoms with Crippen LogP contribution < -0.4 is 0 Å². The molecular formula is C8H14N2. The number of likely N-dealkylation sites (tertiary alicyclic amines) is 1. The van der Waals surface area contributed by atoms with Gasteiger partial charge in [0, 0.05) is 12.6 Å². The van der Waals surface area contributed by atoms with E-state index >= 15 is 0 Å². The molecule has 1 aliphatic heterocycles. The summed E-state index contributed by atoms with van der Waals surface area (Å²) in [6, 6.07) is 0.444. The molecule has 0 radical (unpaired) electrons. The van der Waals surface area contributed by atoms with Crippen molar-refractivity contribution in [3.8, 4) is 6.19 Å². The largest absolute Gasteiger partial charge is 0.307 e. The lowest BCUT2D eigenvalue weighted by Crippen LogP contribution is -2.22. The first-order chi connectivity index (χ1) is 4.55. The van der Waals surface area contributed by atoms with Crippen LogP contribution in [0, 0.1) is 16.9 Å². The molecule has 1 rings (SSSR count). The average molecular weight is 138 g/mol. The van der Waals surface area contributed by atoms with Crippen LogP contribution in [0.3, 0.4) is 0 Å². The molecule has 10 heavy (non-hydrogen) atoms. The van der Waals surface area contributed by atoms with Gasteiger partial charge in [-0.05, 0) is 18.8 Å². The number of hydrogen-bond donors (Lipinski definition) is 0. The highest BCUT2D eigenvalue weighted by molar-refractivity contribution is 4.94. The zero-order valence-corrected chi connectivity index (χ0v) is 6.89. The Hall–Kier alpha value is -0.710. The lowest BCUT2D eigenvalue weighted by atomic mass is 9.91. The molecule has 0 N–H and O–H groups in total. The van der Waals surface area contributed by atoms with Gasteiger partial charge in [-0.2, -0.15) is 5.26 Å². The van der Waals surface area contributed by atoms with Gasteiger partial charge in [0.2, 0.25) is 0 Å². The van der Waals surface area contributed by atoms with E-state index in [0.29, 0.717) is 11.5 Å². The third-order valence-electron chi connectivity index (χ3n) is 2.11. The maximum absolute atomic E-state index is 8.64. The van der Waals surface area contributed by atoms with E-state index in [9.17, 15) is 0 Å². The van der Waals surface area contributed by atoms with Gasteiger partial charge in [-0.25, -0.2) is 0 Å². The maximum atomic E-state index is 8.64. The van der Waals surface area contributed by atoms with Crippen molar-refractivity contribution >= 4 is 0 Å². The predicted octanol–water partition coefficient (Wildman–Crippen LogP) is 1.59. The first-order valence-electron chi connectivity index (χ1n) is 3.71. The molecule has 1 saturated heterocycles. The Morgan fingerprint density at radius 2 is 2.20 bits per heavy atom. The molecule has 0 aromatic rings. The quantitative estimate of drug-likeness (QED) is 0.475. The van der Waals surface area contributed by atoms with Crippen LogP contribution >= 0.6 is 0 Å². The molecule has 0 aromatic carbocycles. The van der Waals surface area contributed by atoms with E-state index in [2.05, 4.69) is 27.0 Å². The molecule has 0 saturated carbocycles. The van der Waals surface area contributed by atoms with E-state index in [-0.39, 0.29) is 0 Å². The van der Waals surface area contributed by atoms with Crippen molar-refractivity contribution in [2.24, 2.45) is 5.41 Å². The van der Waals surface area contributed by atoms with Crippen LogP contribution in [0.5, 0.6) is 0 Å². The number of rotatable bonds is 0. The van der Waals surface area contributed by atoms with Gasteiger partial charge in [0.1, 0.15) is 0 Å². The molecule has 1 atom stereocenters. The molecule has 1 fully saturated rings. The van der Waals surface area contributed by atoms with E-state index in [4.69, 9.17) is 5.26 Å². The van der Waals surface area contributed by atoms with Gasteiger partial charge in [-0.1, -0.05) is 13.8 Å². The van der Waals surface area contributed by atoms with Crippen LogP contribution in [0.1, 0.15) is 27.2 Å². The summed E-state index contributed by atoms with van der Waals surface area (Å²) in [5.41, 5.74) is 0.342. The molecular weight excluding hydrogens is 124 g/mol. The Morgan fingerprint density at radius 1 is 1.60 bits per heavy atom. The van der Waals surface area contributed by atoms with Crippen LogP contribution in [0.2, 0.25) is 0 Å². The summed E-state index contributed by atoms with van der Waals surface area (Å²) in [6.07, 6.45) is 3.34. The lowest BCUT2D eigenvalue weighted by Gasteiger charge is -2.14. The minimum absolute atomic E-state index is 0.342. The van der Waals surface area contributed by atoms with Gasteiger partial charge in [0.05, 0.1) is 0 Å². The van der Waals surface area contributed by atoms with Gasteiger partial charge >= 0.3 is 0 Å².